The molecule has 0 aromatic heterocycles. The molecule has 0 unspecified atom stereocenters. The third-order valence-electron chi connectivity index (χ3n) is 0.104. The minimum atomic E-state index is -4.80. The van der Waals surface area contributed by atoms with E-state index >= 15 is 0 Å². The van der Waals surface area contributed by atoms with Gasteiger partial charge in [-0.05, 0) is 0 Å². The molecule has 0 saturated carbocycles. The Morgan fingerprint density at radius 3 is 1.38 bits per heavy atom. The van der Waals surface area contributed by atoms with E-state index in [0.717, 1.165) is 0 Å². The minimum absolute atomic E-state index is 0. The Kier molecular flexibility index (Phi) is 14.9. The van der Waals surface area contributed by atoms with Crippen LogP contribution in [0.2, 0.25) is 0 Å². The van der Waals surface area contributed by atoms with Crippen LogP contribution >= 0.6 is 0 Å². The Labute approximate surface area is 97.3 Å². The summed E-state index contributed by atoms with van der Waals surface area (Å²) in [5.41, 5.74) is 0. The molecule has 0 aliphatic rings. The fraction of sp³-hybridized carbons (Fsp3) is 0. The fourth-order valence-corrected chi connectivity index (χ4v) is 0. The van der Waals surface area contributed by atoms with E-state index in [1.807, 2.05) is 0 Å². The van der Waals surface area contributed by atoms with Gasteiger partial charge in [0.2, 0.25) is 0 Å². The first-order valence-corrected chi connectivity index (χ1v) is 2.78. The summed E-state index contributed by atoms with van der Waals surface area (Å²) >= 11 is 0. The van der Waals surface area contributed by atoms with Crippen LogP contribution in [0.15, 0.2) is 0 Å². The van der Waals surface area contributed by atoms with E-state index in [9.17, 15) is 4.53 Å². The molecular weight excluding hydrogens is 275 g/mol. The summed E-state index contributed by atoms with van der Waals surface area (Å²) in [7, 11) is -4.80. The van der Waals surface area contributed by atoms with Crippen LogP contribution in [-0.4, -0.2) is 89.7 Å². The second-order valence-corrected chi connectivity index (χ2v) is 1.95. The monoisotopic (exact) mass is 284 g/mol. The molecule has 0 fully saturated rings. The summed E-state index contributed by atoms with van der Waals surface area (Å²) in [6.45, 7) is 0. The van der Waals surface area contributed by atoms with E-state index in [4.69, 9.17) is 14.4 Å². The molecule has 8 heavy (non-hydrogen) atoms. The van der Waals surface area contributed by atoms with Crippen molar-refractivity contribution in [3.05, 3.63) is 0 Å². The predicted octanol–water partition coefficient (Wildman–Crippen LogP) is -3.80. The molecule has 0 radical (unpaired) electrons. The molecule has 3 N–H and O–H groups in total. The average Bonchev–Trinajstić information content (AvgIpc) is 1.35. The van der Waals surface area contributed by atoms with Crippen LogP contribution in [0.5, 0.6) is 0 Å². The molecule has 0 spiro atoms. The molecule has 0 atom stereocenters. The summed E-state index contributed by atoms with van der Waals surface area (Å²) in [6, 6.07) is 0. The van der Waals surface area contributed by atoms with Gasteiger partial charge in [0.25, 0.3) is 0 Å². The van der Waals surface area contributed by atoms with Crippen LogP contribution in [0.4, 0.5) is 4.53 Å². The van der Waals surface area contributed by atoms with E-state index in [-0.39, 0.29) is 66.2 Å². The zero-order valence-corrected chi connectivity index (χ0v) is 3.63. The molecule has 48 valence electrons. The summed E-state index contributed by atoms with van der Waals surface area (Å²) in [5, 5.41) is 0. The van der Waals surface area contributed by atoms with Gasteiger partial charge in [0.15, 0.2) is 17.4 Å². The summed E-state index contributed by atoms with van der Waals surface area (Å²) in [6.07, 6.45) is 0. The van der Waals surface area contributed by atoms with Crippen molar-refractivity contribution < 1.29 is 23.5 Å². The number of rotatable bonds is 1. The van der Waals surface area contributed by atoms with E-state index in [1.54, 1.807) is 0 Å². The van der Waals surface area contributed by atoms with Crippen molar-refractivity contribution in [3.8, 4) is 0 Å². The topological polar surface area (TPSA) is 69.9 Å². The van der Waals surface area contributed by atoms with Gasteiger partial charge >= 0.3 is 57.9 Å². The molecule has 0 amide bonds. The Balaban J connectivity index is -0.000000125. The van der Waals surface area contributed by atoms with Gasteiger partial charge in [0, 0.05) is 0 Å². The SMILES string of the molecule is O[Si](O)(O)OF.[AlH3].[BaH2]. The van der Waals surface area contributed by atoms with E-state index in [0.29, 0.717) is 0 Å². The first-order valence-electron chi connectivity index (χ1n) is 1.03. The summed E-state index contributed by atoms with van der Waals surface area (Å²) in [4.78, 5) is 22.4. The van der Waals surface area contributed by atoms with E-state index < -0.39 is 9.05 Å². The van der Waals surface area contributed by atoms with Gasteiger partial charge in [-0.25, -0.2) is 0 Å². The van der Waals surface area contributed by atoms with Gasteiger partial charge in [-0.3, -0.25) is 0 Å². The second kappa shape index (κ2) is 7.20. The van der Waals surface area contributed by atoms with Crippen molar-refractivity contribution in [2.24, 2.45) is 0 Å². The van der Waals surface area contributed by atoms with Crippen LogP contribution in [-0.2, 0) is 4.63 Å². The molecule has 0 bridgehead atoms. The van der Waals surface area contributed by atoms with Gasteiger partial charge in [0.1, 0.15) is 0 Å². The molecule has 8 heteroatoms. The third-order valence-corrected chi connectivity index (χ3v) is 0.311. The Morgan fingerprint density at radius 2 is 1.38 bits per heavy atom. The van der Waals surface area contributed by atoms with Crippen molar-refractivity contribution in [1.29, 1.82) is 0 Å². The molecular formula is H8AlBaFO4Si. The number of hydrogen-bond donors (Lipinski definition) is 3. The van der Waals surface area contributed by atoms with Crippen LogP contribution in [0, 0.1) is 0 Å². The Morgan fingerprint density at radius 1 is 1.25 bits per heavy atom. The second-order valence-electron chi connectivity index (χ2n) is 0.651. The van der Waals surface area contributed by atoms with Crippen LogP contribution in [0.3, 0.4) is 0 Å². The third kappa shape index (κ3) is 15.7. The van der Waals surface area contributed by atoms with Gasteiger partial charge < -0.3 is 14.4 Å². The van der Waals surface area contributed by atoms with Gasteiger partial charge in [-0.2, -0.15) is 4.63 Å². The quantitative estimate of drug-likeness (QED) is 0.432. The van der Waals surface area contributed by atoms with Crippen molar-refractivity contribution in [2.75, 3.05) is 0 Å². The standard InChI is InChI=1S/Al.Ba.FH3O4Si.5H/c;;1-5-6(2,3)4;;;;;/h;;2-4H;;;;;. The van der Waals surface area contributed by atoms with Gasteiger partial charge in [-0.15, -0.1) is 0 Å². The number of halogens is 1. The molecule has 0 saturated heterocycles. The number of hydrogen-bond acceptors (Lipinski definition) is 4. The van der Waals surface area contributed by atoms with Crippen LogP contribution in [0.1, 0.15) is 0 Å². The zero-order valence-electron chi connectivity index (χ0n) is 2.63. The molecule has 0 aromatic carbocycles. The van der Waals surface area contributed by atoms with Crippen molar-refractivity contribution in [3.63, 3.8) is 0 Å². The molecule has 4 nitrogen and oxygen atoms in total. The Hall–Kier alpha value is 2.09. The molecule has 0 aliphatic carbocycles. The molecule has 0 aromatic rings. The van der Waals surface area contributed by atoms with Crippen molar-refractivity contribution in [2.45, 2.75) is 0 Å². The van der Waals surface area contributed by atoms with Crippen LogP contribution < -0.4 is 0 Å². The summed E-state index contributed by atoms with van der Waals surface area (Å²) < 4.78 is 12.6. The normalized spacial score (nSPS) is 9.00. The molecule has 0 aliphatic heterocycles. The Bertz CT molecular complexity index is 45.8. The van der Waals surface area contributed by atoms with E-state index in [2.05, 4.69) is 4.63 Å². The summed E-state index contributed by atoms with van der Waals surface area (Å²) in [5.74, 6) is 0. The van der Waals surface area contributed by atoms with Gasteiger partial charge in [0.05, 0.1) is 0 Å². The van der Waals surface area contributed by atoms with Gasteiger partial charge in [-0.1, -0.05) is 4.53 Å². The first-order chi connectivity index (χ1) is 2.56. The zero-order chi connectivity index (χ0) is 5.21. The van der Waals surface area contributed by atoms with Crippen LogP contribution in [0.25, 0.3) is 0 Å². The molecule has 0 rings (SSSR count). The van der Waals surface area contributed by atoms with E-state index in [1.165, 1.54) is 0 Å². The van der Waals surface area contributed by atoms with Crippen molar-refractivity contribution >= 4 is 75.3 Å². The van der Waals surface area contributed by atoms with Crippen molar-refractivity contribution in [1.82, 2.24) is 0 Å². The molecule has 0 heterocycles. The maximum atomic E-state index is 10.3. The first kappa shape index (κ1) is 16.6. The maximum absolute atomic E-state index is 10.3. The average molecular weight is 283 g/mol. The predicted molar refractivity (Wildman–Crippen MR) is 33.1 cm³/mol. The fourth-order valence-electron chi connectivity index (χ4n) is 0.